The third kappa shape index (κ3) is 4.21. The molecule has 0 bridgehead atoms. The Morgan fingerprint density at radius 2 is 1.81 bits per heavy atom. The van der Waals surface area contributed by atoms with Crippen molar-refractivity contribution in [3.63, 3.8) is 0 Å². The smallest absolute Gasteiger partial charge is 0.257 e. The van der Waals surface area contributed by atoms with E-state index in [4.69, 9.17) is 0 Å². The van der Waals surface area contributed by atoms with Gasteiger partial charge in [0, 0.05) is 23.1 Å². The number of carbonyl (C=O) groups is 1. The Morgan fingerprint density at radius 3 is 2.44 bits per heavy atom. The molecule has 2 aromatic carbocycles. The SMILES string of the molecule is CCN(CC)S(=O)(=O)c1ccc2nc(NC(=O)c3ccc(Br)cc3)sc2c1. The van der Waals surface area contributed by atoms with Crippen molar-refractivity contribution >= 4 is 58.5 Å². The summed E-state index contributed by atoms with van der Waals surface area (Å²) in [5.41, 5.74) is 1.16. The van der Waals surface area contributed by atoms with Crippen LogP contribution in [0.4, 0.5) is 5.13 Å². The number of nitrogens with one attached hydrogen (secondary N) is 1. The zero-order valence-electron chi connectivity index (χ0n) is 14.8. The Hall–Kier alpha value is -1.81. The van der Waals surface area contributed by atoms with Crippen molar-refractivity contribution in [2.45, 2.75) is 18.7 Å². The van der Waals surface area contributed by atoms with Crippen LogP contribution < -0.4 is 5.32 Å². The highest BCUT2D eigenvalue weighted by molar-refractivity contribution is 9.10. The zero-order valence-corrected chi connectivity index (χ0v) is 18.0. The largest absolute Gasteiger partial charge is 0.298 e. The second kappa shape index (κ2) is 8.05. The summed E-state index contributed by atoms with van der Waals surface area (Å²) in [6.45, 7) is 4.44. The molecule has 0 spiro atoms. The molecule has 142 valence electrons. The molecule has 0 fully saturated rings. The summed E-state index contributed by atoms with van der Waals surface area (Å²) in [5, 5.41) is 3.19. The van der Waals surface area contributed by atoms with Gasteiger partial charge in [0.25, 0.3) is 5.91 Å². The molecule has 3 aromatic rings. The first-order chi connectivity index (χ1) is 12.8. The summed E-state index contributed by atoms with van der Waals surface area (Å²) in [7, 11) is -3.53. The van der Waals surface area contributed by atoms with E-state index in [0.29, 0.717) is 34.0 Å². The van der Waals surface area contributed by atoms with Gasteiger partial charge in [0.1, 0.15) is 0 Å². The monoisotopic (exact) mass is 467 g/mol. The number of sulfonamides is 1. The molecule has 0 atom stereocenters. The maximum absolute atomic E-state index is 12.7. The first kappa shape index (κ1) is 19.9. The number of amides is 1. The first-order valence-electron chi connectivity index (χ1n) is 8.32. The summed E-state index contributed by atoms with van der Waals surface area (Å²) in [5.74, 6) is -0.266. The van der Waals surface area contributed by atoms with Crippen LogP contribution in [0.15, 0.2) is 51.8 Å². The lowest BCUT2D eigenvalue weighted by Crippen LogP contribution is -2.30. The Balaban J connectivity index is 1.88. The van der Waals surface area contributed by atoms with Crippen molar-refractivity contribution in [3.8, 4) is 0 Å². The lowest BCUT2D eigenvalue weighted by Gasteiger charge is -2.18. The number of hydrogen-bond donors (Lipinski definition) is 1. The minimum atomic E-state index is -3.53. The first-order valence-corrected chi connectivity index (χ1v) is 11.4. The van der Waals surface area contributed by atoms with E-state index in [-0.39, 0.29) is 10.8 Å². The molecule has 0 saturated heterocycles. The number of aromatic nitrogens is 1. The van der Waals surface area contributed by atoms with Gasteiger partial charge in [0.2, 0.25) is 10.0 Å². The van der Waals surface area contributed by atoms with E-state index in [1.54, 1.807) is 42.5 Å². The molecule has 1 amide bonds. The topological polar surface area (TPSA) is 79.4 Å². The number of carbonyl (C=O) groups excluding carboxylic acids is 1. The van der Waals surface area contributed by atoms with Crippen LogP contribution in [0.25, 0.3) is 10.2 Å². The fourth-order valence-electron chi connectivity index (χ4n) is 2.60. The van der Waals surface area contributed by atoms with Gasteiger partial charge in [-0.3, -0.25) is 10.1 Å². The van der Waals surface area contributed by atoms with E-state index in [1.165, 1.54) is 15.6 Å². The third-order valence-corrected chi connectivity index (χ3v) is 7.54. The number of halogens is 1. The van der Waals surface area contributed by atoms with E-state index >= 15 is 0 Å². The summed E-state index contributed by atoms with van der Waals surface area (Å²) in [6.07, 6.45) is 0. The molecule has 1 N–H and O–H groups in total. The van der Waals surface area contributed by atoms with Gasteiger partial charge in [-0.15, -0.1) is 0 Å². The molecular formula is C18H18BrN3O3S2. The van der Waals surface area contributed by atoms with Crippen LogP contribution in [-0.4, -0.2) is 36.7 Å². The molecule has 0 radical (unpaired) electrons. The van der Waals surface area contributed by atoms with E-state index < -0.39 is 10.0 Å². The van der Waals surface area contributed by atoms with Gasteiger partial charge in [-0.2, -0.15) is 4.31 Å². The van der Waals surface area contributed by atoms with Crippen LogP contribution in [0.3, 0.4) is 0 Å². The van der Waals surface area contributed by atoms with Gasteiger partial charge >= 0.3 is 0 Å². The van der Waals surface area contributed by atoms with E-state index in [1.807, 2.05) is 13.8 Å². The van der Waals surface area contributed by atoms with Gasteiger partial charge in [-0.1, -0.05) is 41.1 Å². The maximum Gasteiger partial charge on any atom is 0.257 e. The number of rotatable bonds is 6. The quantitative estimate of drug-likeness (QED) is 0.584. The number of nitrogens with zero attached hydrogens (tertiary/aromatic N) is 2. The number of thiazole rings is 1. The van der Waals surface area contributed by atoms with Gasteiger partial charge in [-0.25, -0.2) is 13.4 Å². The number of hydrogen-bond acceptors (Lipinski definition) is 5. The highest BCUT2D eigenvalue weighted by Gasteiger charge is 2.22. The molecule has 3 rings (SSSR count). The Labute approximate surface area is 170 Å². The maximum atomic E-state index is 12.7. The molecule has 9 heteroatoms. The highest BCUT2D eigenvalue weighted by atomic mass is 79.9. The Morgan fingerprint density at radius 1 is 1.15 bits per heavy atom. The molecule has 1 aromatic heterocycles. The van der Waals surface area contributed by atoms with Crippen LogP contribution >= 0.6 is 27.3 Å². The third-order valence-electron chi connectivity index (χ3n) is 4.03. The zero-order chi connectivity index (χ0) is 19.6. The minimum absolute atomic E-state index is 0.230. The number of fused-ring (bicyclic) bond motifs is 1. The number of anilines is 1. The fourth-order valence-corrected chi connectivity index (χ4v) is 5.33. The molecule has 0 aliphatic carbocycles. The van der Waals surface area contributed by atoms with Crippen molar-refractivity contribution in [1.29, 1.82) is 0 Å². The molecule has 27 heavy (non-hydrogen) atoms. The van der Waals surface area contributed by atoms with Gasteiger partial charge in [-0.05, 0) is 42.5 Å². The standard InChI is InChI=1S/C18H18BrN3O3S2/c1-3-22(4-2)27(24,25)14-9-10-15-16(11-14)26-18(20-15)21-17(23)12-5-7-13(19)8-6-12/h5-11H,3-4H2,1-2H3,(H,20,21,23). The van der Waals surface area contributed by atoms with Crippen molar-refractivity contribution in [1.82, 2.24) is 9.29 Å². The molecular weight excluding hydrogens is 450 g/mol. The van der Waals surface area contributed by atoms with E-state index in [0.717, 1.165) is 4.47 Å². The van der Waals surface area contributed by atoms with E-state index in [2.05, 4.69) is 26.2 Å². The van der Waals surface area contributed by atoms with E-state index in [9.17, 15) is 13.2 Å². The molecule has 1 heterocycles. The second-order valence-corrected chi connectivity index (χ2v) is 9.58. The molecule has 6 nitrogen and oxygen atoms in total. The van der Waals surface area contributed by atoms with Crippen LogP contribution in [0, 0.1) is 0 Å². The second-order valence-electron chi connectivity index (χ2n) is 5.70. The predicted octanol–water partition coefficient (Wildman–Crippen LogP) is 4.34. The Kier molecular flexibility index (Phi) is 5.95. The van der Waals surface area contributed by atoms with Gasteiger partial charge in [0.05, 0.1) is 15.1 Å². The summed E-state index contributed by atoms with van der Waals surface area (Å²) >= 11 is 4.58. The highest BCUT2D eigenvalue weighted by Crippen LogP contribution is 2.29. The summed E-state index contributed by atoms with van der Waals surface area (Å²) in [6, 6.07) is 11.8. The van der Waals surface area contributed by atoms with Crippen molar-refractivity contribution < 1.29 is 13.2 Å². The van der Waals surface area contributed by atoms with Gasteiger partial charge < -0.3 is 0 Å². The minimum Gasteiger partial charge on any atom is -0.298 e. The lowest BCUT2D eigenvalue weighted by atomic mass is 10.2. The molecule has 0 saturated carbocycles. The lowest BCUT2D eigenvalue weighted by molar-refractivity contribution is 0.102. The molecule has 0 aliphatic rings. The Bertz CT molecular complexity index is 1070. The van der Waals surface area contributed by atoms with Gasteiger partial charge in [0.15, 0.2) is 5.13 Å². The van der Waals surface area contributed by atoms with Crippen molar-refractivity contribution in [2.75, 3.05) is 18.4 Å². The van der Waals surface area contributed by atoms with Crippen LogP contribution in [-0.2, 0) is 10.0 Å². The fraction of sp³-hybridized carbons (Fsp3) is 0.222. The predicted molar refractivity (Wildman–Crippen MR) is 112 cm³/mol. The normalized spacial score (nSPS) is 11.9. The molecule has 0 unspecified atom stereocenters. The van der Waals surface area contributed by atoms with Crippen LogP contribution in [0.2, 0.25) is 0 Å². The van der Waals surface area contributed by atoms with Crippen molar-refractivity contribution in [2.24, 2.45) is 0 Å². The van der Waals surface area contributed by atoms with Crippen LogP contribution in [0.1, 0.15) is 24.2 Å². The summed E-state index contributed by atoms with van der Waals surface area (Å²) < 4.78 is 28.3. The summed E-state index contributed by atoms with van der Waals surface area (Å²) in [4.78, 5) is 16.9. The average molecular weight is 468 g/mol. The number of benzene rings is 2. The molecule has 0 aliphatic heterocycles. The van der Waals surface area contributed by atoms with Crippen molar-refractivity contribution in [3.05, 3.63) is 52.5 Å². The average Bonchev–Trinajstić information content (AvgIpc) is 3.04. The van der Waals surface area contributed by atoms with Crippen LogP contribution in [0.5, 0.6) is 0 Å².